The Labute approximate surface area is 170 Å². The number of benzene rings is 4. The molecule has 2 heteroatoms. The van der Waals surface area contributed by atoms with Crippen molar-refractivity contribution >= 4 is 10.8 Å². The lowest BCUT2D eigenvalue weighted by Gasteiger charge is -2.13. The van der Waals surface area contributed by atoms with Gasteiger partial charge in [0.15, 0.2) is 5.82 Å². The first kappa shape index (κ1) is 17.3. The quantitative estimate of drug-likeness (QED) is 0.343. The summed E-state index contributed by atoms with van der Waals surface area (Å²) in [6, 6.07) is 35.7. The number of hydrogen-bond acceptors (Lipinski definition) is 2. The third kappa shape index (κ3) is 3.30. The summed E-state index contributed by atoms with van der Waals surface area (Å²) in [5.74, 6) is 0.761. The summed E-state index contributed by atoms with van der Waals surface area (Å²) in [6.45, 7) is 2.03. The van der Waals surface area contributed by atoms with Gasteiger partial charge in [-0.05, 0) is 34.9 Å². The highest BCUT2D eigenvalue weighted by Crippen LogP contribution is 2.35. The zero-order valence-electron chi connectivity index (χ0n) is 16.2. The molecule has 0 N–H and O–H groups in total. The Morgan fingerprint density at radius 1 is 0.517 bits per heavy atom. The largest absolute Gasteiger partial charge is 0.233 e. The Morgan fingerprint density at radius 2 is 1.07 bits per heavy atom. The molecule has 1 aromatic heterocycles. The molecule has 0 saturated carbocycles. The van der Waals surface area contributed by atoms with Gasteiger partial charge in [0.1, 0.15) is 0 Å². The Morgan fingerprint density at radius 3 is 1.76 bits per heavy atom. The molecule has 2 nitrogen and oxygen atoms in total. The maximum absolute atomic E-state index is 4.92. The van der Waals surface area contributed by atoms with Crippen LogP contribution in [0.4, 0.5) is 0 Å². The number of aromatic nitrogens is 2. The van der Waals surface area contributed by atoms with Crippen molar-refractivity contribution in [2.24, 2.45) is 0 Å². The van der Waals surface area contributed by atoms with Gasteiger partial charge in [-0.15, -0.1) is 0 Å². The monoisotopic (exact) mass is 372 g/mol. The van der Waals surface area contributed by atoms with E-state index in [0.29, 0.717) is 0 Å². The van der Waals surface area contributed by atoms with Crippen molar-refractivity contribution in [2.75, 3.05) is 0 Å². The maximum atomic E-state index is 4.92. The summed E-state index contributed by atoms with van der Waals surface area (Å²) >= 11 is 0. The van der Waals surface area contributed by atoms with Crippen molar-refractivity contribution in [3.63, 3.8) is 0 Å². The Hall–Kier alpha value is -3.78. The molecular weight excluding hydrogens is 352 g/mol. The Bertz CT molecular complexity index is 1290. The lowest BCUT2D eigenvalue weighted by atomic mass is 9.93. The third-order valence-corrected chi connectivity index (χ3v) is 5.17. The van der Waals surface area contributed by atoms with Crippen LogP contribution in [0.15, 0.2) is 103 Å². The Kier molecular flexibility index (Phi) is 4.38. The second-order valence-corrected chi connectivity index (χ2v) is 7.16. The van der Waals surface area contributed by atoms with Crippen LogP contribution in [0.5, 0.6) is 0 Å². The van der Waals surface area contributed by atoms with E-state index in [1.165, 1.54) is 21.9 Å². The first-order valence-corrected chi connectivity index (χ1v) is 9.78. The van der Waals surface area contributed by atoms with Crippen LogP contribution in [0, 0.1) is 6.92 Å². The number of hydrogen-bond donors (Lipinski definition) is 0. The van der Waals surface area contributed by atoms with Crippen LogP contribution in [0.25, 0.3) is 44.5 Å². The highest BCUT2D eigenvalue weighted by atomic mass is 14.9. The van der Waals surface area contributed by atoms with Gasteiger partial charge in [-0.2, -0.15) is 0 Å². The molecule has 0 atom stereocenters. The number of fused-ring (bicyclic) bond motifs is 1. The van der Waals surface area contributed by atoms with Gasteiger partial charge in [0.2, 0.25) is 0 Å². The number of aryl methyl sites for hydroxylation is 1. The lowest BCUT2D eigenvalue weighted by molar-refractivity contribution is 1.12. The fourth-order valence-corrected chi connectivity index (χ4v) is 3.81. The van der Waals surface area contributed by atoms with E-state index in [-0.39, 0.29) is 0 Å². The smallest absolute Gasteiger partial charge is 0.160 e. The SMILES string of the molecule is Cc1cc(-c2ccc(-c3ccccc3)c3ccccc23)nc(-c2ccccc2)n1. The fourth-order valence-electron chi connectivity index (χ4n) is 3.81. The molecule has 0 unspecified atom stereocenters. The van der Waals surface area contributed by atoms with Crippen molar-refractivity contribution in [3.05, 3.63) is 109 Å². The minimum absolute atomic E-state index is 0.761. The zero-order chi connectivity index (χ0) is 19.6. The molecule has 0 bridgehead atoms. The van der Waals surface area contributed by atoms with Gasteiger partial charge >= 0.3 is 0 Å². The van der Waals surface area contributed by atoms with Crippen LogP contribution in [-0.2, 0) is 0 Å². The lowest BCUT2D eigenvalue weighted by Crippen LogP contribution is -1.96. The second kappa shape index (κ2) is 7.33. The summed E-state index contributed by atoms with van der Waals surface area (Å²) in [5, 5.41) is 2.43. The molecule has 0 spiro atoms. The molecule has 0 aliphatic heterocycles. The van der Waals surface area contributed by atoms with Crippen molar-refractivity contribution in [1.82, 2.24) is 9.97 Å². The van der Waals surface area contributed by atoms with Crippen LogP contribution < -0.4 is 0 Å². The molecule has 0 radical (unpaired) electrons. The van der Waals surface area contributed by atoms with Gasteiger partial charge in [0, 0.05) is 16.8 Å². The van der Waals surface area contributed by atoms with Gasteiger partial charge in [0.25, 0.3) is 0 Å². The van der Waals surface area contributed by atoms with Gasteiger partial charge in [-0.25, -0.2) is 9.97 Å². The molecule has 1 heterocycles. The summed E-state index contributed by atoms with van der Waals surface area (Å²) in [4.78, 5) is 9.58. The molecular formula is C27H20N2. The van der Waals surface area contributed by atoms with E-state index in [4.69, 9.17) is 4.98 Å². The number of rotatable bonds is 3. The molecule has 0 aliphatic carbocycles. The second-order valence-electron chi connectivity index (χ2n) is 7.16. The van der Waals surface area contributed by atoms with Crippen LogP contribution in [0.2, 0.25) is 0 Å². The average Bonchev–Trinajstić information content (AvgIpc) is 2.79. The third-order valence-electron chi connectivity index (χ3n) is 5.17. The van der Waals surface area contributed by atoms with E-state index >= 15 is 0 Å². The van der Waals surface area contributed by atoms with Gasteiger partial charge in [-0.3, -0.25) is 0 Å². The topological polar surface area (TPSA) is 25.8 Å². The molecule has 5 rings (SSSR count). The first-order valence-electron chi connectivity index (χ1n) is 9.78. The minimum Gasteiger partial charge on any atom is -0.233 e. The van der Waals surface area contributed by atoms with E-state index < -0.39 is 0 Å². The van der Waals surface area contributed by atoms with Crippen LogP contribution >= 0.6 is 0 Å². The van der Waals surface area contributed by atoms with Crippen molar-refractivity contribution < 1.29 is 0 Å². The summed E-state index contributed by atoms with van der Waals surface area (Å²) in [7, 11) is 0. The molecule has 5 aromatic rings. The fraction of sp³-hybridized carbons (Fsp3) is 0.0370. The van der Waals surface area contributed by atoms with Gasteiger partial charge < -0.3 is 0 Å². The maximum Gasteiger partial charge on any atom is 0.160 e. The predicted molar refractivity (Wildman–Crippen MR) is 121 cm³/mol. The predicted octanol–water partition coefficient (Wildman–Crippen LogP) is 6.94. The summed E-state index contributed by atoms with van der Waals surface area (Å²) in [5.41, 5.74) is 6.53. The molecule has 0 fully saturated rings. The van der Waals surface area contributed by atoms with Gasteiger partial charge in [0.05, 0.1) is 5.69 Å². The van der Waals surface area contributed by atoms with E-state index in [9.17, 15) is 0 Å². The average molecular weight is 372 g/mol. The molecule has 0 aliphatic rings. The minimum atomic E-state index is 0.761. The van der Waals surface area contributed by atoms with E-state index in [1.807, 2.05) is 25.1 Å². The van der Waals surface area contributed by atoms with Crippen molar-refractivity contribution in [3.8, 4) is 33.8 Å². The molecule has 138 valence electrons. The summed E-state index contributed by atoms with van der Waals surface area (Å²) < 4.78 is 0. The van der Waals surface area contributed by atoms with E-state index in [2.05, 4.69) is 89.9 Å². The van der Waals surface area contributed by atoms with E-state index in [0.717, 1.165) is 28.3 Å². The molecule has 4 aromatic carbocycles. The molecule has 0 amide bonds. The highest BCUT2D eigenvalue weighted by molar-refractivity contribution is 6.04. The molecule has 0 saturated heterocycles. The van der Waals surface area contributed by atoms with E-state index in [1.54, 1.807) is 0 Å². The van der Waals surface area contributed by atoms with Crippen LogP contribution in [0.3, 0.4) is 0 Å². The van der Waals surface area contributed by atoms with Crippen molar-refractivity contribution in [1.29, 1.82) is 0 Å². The van der Waals surface area contributed by atoms with Crippen LogP contribution in [0.1, 0.15) is 5.69 Å². The zero-order valence-corrected chi connectivity index (χ0v) is 16.2. The normalized spacial score (nSPS) is 10.9. The van der Waals surface area contributed by atoms with Crippen molar-refractivity contribution in [2.45, 2.75) is 6.92 Å². The van der Waals surface area contributed by atoms with Gasteiger partial charge in [-0.1, -0.05) is 97.1 Å². The highest BCUT2D eigenvalue weighted by Gasteiger charge is 2.12. The molecule has 29 heavy (non-hydrogen) atoms. The Balaban J connectivity index is 1.72. The summed E-state index contributed by atoms with van der Waals surface area (Å²) in [6.07, 6.45) is 0. The van der Waals surface area contributed by atoms with Crippen LogP contribution in [-0.4, -0.2) is 9.97 Å². The number of nitrogens with zero attached hydrogens (tertiary/aromatic N) is 2. The first-order chi connectivity index (χ1) is 14.3. The standard InChI is InChI=1S/C27H20N2/c1-19-18-26(29-27(28-19)21-12-6-3-7-13-21)25-17-16-22(20-10-4-2-5-11-20)23-14-8-9-15-24(23)25/h2-18H,1H3.